The number of rotatable bonds is 48. The summed E-state index contributed by atoms with van der Waals surface area (Å²) in [5.41, 5.74) is 0. The van der Waals surface area contributed by atoms with Crippen LogP contribution in [-0.4, -0.2) is 75.5 Å². The third-order valence-electron chi connectivity index (χ3n) is 12.0. The number of carboxylic acid groups (broad SMARTS) is 1. The molecule has 0 spiro atoms. The standard InChI is InChI=1S/C55H101NO7/c1-6-8-10-12-14-16-18-20-22-24-25-26-27-28-30-31-33-35-37-39-41-43-45-53(57)62-50-51(49-61-48-47-52(55(59)60)56(3,4)5)63-54(58)46-44-42-40-38-36-34-32-29-23-21-19-17-15-13-11-9-7-2/h14,16,20,22,25-26,51-52H,6-13,15,17-19,21,23-24,27-50H2,1-5H3/b16-14+,22-20+,26-25+. The summed E-state index contributed by atoms with van der Waals surface area (Å²) >= 11 is 0. The van der Waals surface area contributed by atoms with E-state index in [1.807, 2.05) is 21.1 Å². The van der Waals surface area contributed by atoms with E-state index in [9.17, 15) is 19.5 Å². The second kappa shape index (κ2) is 46.1. The molecule has 8 nitrogen and oxygen atoms in total. The highest BCUT2D eigenvalue weighted by Crippen LogP contribution is 2.16. The van der Waals surface area contributed by atoms with E-state index in [1.165, 1.54) is 161 Å². The van der Waals surface area contributed by atoms with Crippen molar-refractivity contribution in [1.82, 2.24) is 0 Å². The summed E-state index contributed by atoms with van der Waals surface area (Å²) in [4.78, 5) is 37.1. The first kappa shape index (κ1) is 60.5. The third kappa shape index (κ3) is 44.5. The van der Waals surface area contributed by atoms with Gasteiger partial charge in [-0.25, -0.2) is 0 Å². The summed E-state index contributed by atoms with van der Waals surface area (Å²) < 4.78 is 17.3. The molecule has 368 valence electrons. The zero-order chi connectivity index (χ0) is 46.3. The second-order valence-corrected chi connectivity index (χ2v) is 19.1. The molecule has 0 heterocycles. The minimum atomic E-state index is -1.12. The molecule has 8 heteroatoms. The van der Waals surface area contributed by atoms with Crippen molar-refractivity contribution in [2.45, 2.75) is 257 Å². The first-order valence-electron chi connectivity index (χ1n) is 26.5. The Hall–Kier alpha value is -2.45. The molecule has 0 aliphatic heterocycles. The monoisotopic (exact) mass is 888 g/mol. The van der Waals surface area contributed by atoms with Crippen molar-refractivity contribution in [1.29, 1.82) is 0 Å². The van der Waals surface area contributed by atoms with Crippen LogP contribution in [0.1, 0.15) is 245 Å². The van der Waals surface area contributed by atoms with Gasteiger partial charge >= 0.3 is 11.9 Å². The molecular weight excluding hydrogens is 787 g/mol. The smallest absolute Gasteiger partial charge is 0.306 e. The molecule has 0 amide bonds. The number of hydrogen-bond acceptors (Lipinski definition) is 7. The molecule has 0 rings (SSSR count). The Bertz CT molecular complexity index is 1130. The van der Waals surface area contributed by atoms with E-state index in [2.05, 4.69) is 50.3 Å². The molecule has 0 aliphatic carbocycles. The van der Waals surface area contributed by atoms with Gasteiger partial charge in [-0.1, -0.05) is 211 Å². The average molecular weight is 888 g/mol. The van der Waals surface area contributed by atoms with Gasteiger partial charge in [0.1, 0.15) is 12.6 Å². The van der Waals surface area contributed by atoms with Crippen molar-refractivity contribution in [3.8, 4) is 0 Å². The Morgan fingerprint density at radius 1 is 0.476 bits per heavy atom. The minimum Gasteiger partial charge on any atom is -0.544 e. The summed E-state index contributed by atoms with van der Waals surface area (Å²) in [5.74, 6) is -1.73. The third-order valence-corrected chi connectivity index (χ3v) is 12.0. The van der Waals surface area contributed by atoms with Gasteiger partial charge in [0.2, 0.25) is 0 Å². The van der Waals surface area contributed by atoms with Gasteiger partial charge in [-0.3, -0.25) is 9.59 Å². The van der Waals surface area contributed by atoms with Gasteiger partial charge in [0.25, 0.3) is 0 Å². The van der Waals surface area contributed by atoms with E-state index in [0.29, 0.717) is 12.8 Å². The summed E-state index contributed by atoms with van der Waals surface area (Å²) in [6.45, 7) is 4.67. The molecule has 0 N–H and O–H groups in total. The van der Waals surface area contributed by atoms with Crippen LogP contribution in [0, 0.1) is 0 Å². The van der Waals surface area contributed by atoms with Crippen LogP contribution in [0.3, 0.4) is 0 Å². The van der Waals surface area contributed by atoms with Crippen LogP contribution in [0.4, 0.5) is 0 Å². The molecule has 0 saturated heterocycles. The fourth-order valence-corrected chi connectivity index (χ4v) is 7.90. The molecule has 0 bridgehead atoms. The number of unbranched alkanes of at least 4 members (excludes halogenated alkanes) is 28. The summed E-state index contributed by atoms with van der Waals surface area (Å²) in [7, 11) is 5.42. The molecule has 0 aliphatic rings. The normalized spacial score (nSPS) is 13.1. The van der Waals surface area contributed by atoms with Crippen LogP contribution in [0.15, 0.2) is 36.5 Å². The zero-order valence-electron chi connectivity index (χ0n) is 42.0. The van der Waals surface area contributed by atoms with E-state index in [-0.39, 0.29) is 42.7 Å². The van der Waals surface area contributed by atoms with E-state index >= 15 is 0 Å². The van der Waals surface area contributed by atoms with Crippen LogP contribution in [0.5, 0.6) is 0 Å². The van der Waals surface area contributed by atoms with Crippen molar-refractivity contribution < 1.29 is 38.2 Å². The van der Waals surface area contributed by atoms with E-state index < -0.39 is 18.1 Å². The lowest BCUT2D eigenvalue weighted by Gasteiger charge is -2.34. The predicted molar refractivity (Wildman–Crippen MR) is 263 cm³/mol. The van der Waals surface area contributed by atoms with Crippen molar-refractivity contribution in [2.24, 2.45) is 0 Å². The van der Waals surface area contributed by atoms with Crippen LogP contribution < -0.4 is 5.11 Å². The molecule has 2 unspecified atom stereocenters. The number of ether oxygens (including phenoxy) is 3. The average Bonchev–Trinajstić information content (AvgIpc) is 3.24. The highest BCUT2D eigenvalue weighted by molar-refractivity contribution is 5.70. The number of quaternary nitrogens is 1. The Kier molecular flexibility index (Phi) is 44.3. The largest absolute Gasteiger partial charge is 0.544 e. The fraction of sp³-hybridized carbons (Fsp3) is 0.836. The Labute approximate surface area is 389 Å². The van der Waals surface area contributed by atoms with E-state index in [4.69, 9.17) is 14.2 Å². The molecule has 0 radical (unpaired) electrons. The first-order valence-corrected chi connectivity index (χ1v) is 26.5. The van der Waals surface area contributed by atoms with Gasteiger partial charge in [0.05, 0.1) is 40.3 Å². The number of hydrogen-bond donors (Lipinski definition) is 0. The Morgan fingerprint density at radius 2 is 0.841 bits per heavy atom. The molecule has 63 heavy (non-hydrogen) atoms. The van der Waals surface area contributed by atoms with Crippen molar-refractivity contribution in [3.63, 3.8) is 0 Å². The summed E-state index contributed by atoms with van der Waals surface area (Å²) in [6, 6.07) is -0.725. The number of carbonyl (C=O) groups is 3. The SMILES string of the molecule is CCCCC/C=C/C/C=C/C/C=C/CCCCCCCCCCCC(=O)OCC(COCCC(C(=O)[O-])[N+](C)(C)C)OC(=O)CCCCCCCCCCCCCCCCCCC. The number of nitrogens with zero attached hydrogens (tertiary/aromatic N) is 1. The van der Waals surface area contributed by atoms with Gasteiger partial charge in [-0.2, -0.15) is 0 Å². The molecule has 2 atom stereocenters. The maximum Gasteiger partial charge on any atom is 0.306 e. The highest BCUT2D eigenvalue weighted by Gasteiger charge is 2.25. The lowest BCUT2D eigenvalue weighted by molar-refractivity contribution is -0.889. The maximum absolute atomic E-state index is 12.8. The number of allylic oxidation sites excluding steroid dienone is 6. The number of carboxylic acids is 1. The molecular formula is C55H101NO7. The lowest BCUT2D eigenvalue weighted by Crippen LogP contribution is -2.55. The highest BCUT2D eigenvalue weighted by atomic mass is 16.6. The van der Waals surface area contributed by atoms with Gasteiger partial charge in [-0.15, -0.1) is 0 Å². The lowest BCUT2D eigenvalue weighted by atomic mass is 10.0. The molecule has 0 fully saturated rings. The Morgan fingerprint density at radius 3 is 1.27 bits per heavy atom. The van der Waals surface area contributed by atoms with Crippen LogP contribution in [0.2, 0.25) is 0 Å². The molecule has 0 saturated carbocycles. The van der Waals surface area contributed by atoms with Crippen LogP contribution >= 0.6 is 0 Å². The fourth-order valence-electron chi connectivity index (χ4n) is 7.90. The number of esters is 2. The van der Waals surface area contributed by atoms with E-state index in [1.54, 1.807) is 0 Å². The number of carbonyl (C=O) groups excluding carboxylic acids is 3. The van der Waals surface area contributed by atoms with Gasteiger partial charge in [-0.05, 0) is 51.4 Å². The van der Waals surface area contributed by atoms with Crippen LogP contribution in [-0.2, 0) is 28.6 Å². The first-order chi connectivity index (χ1) is 30.6. The second-order valence-electron chi connectivity index (χ2n) is 19.1. The zero-order valence-corrected chi connectivity index (χ0v) is 42.0. The number of likely N-dealkylation sites (N-methyl/N-ethyl adjacent to an activating group) is 1. The van der Waals surface area contributed by atoms with Crippen molar-refractivity contribution >= 4 is 17.9 Å². The van der Waals surface area contributed by atoms with E-state index in [0.717, 1.165) is 51.4 Å². The topological polar surface area (TPSA) is 102 Å². The predicted octanol–water partition coefficient (Wildman–Crippen LogP) is 14.0. The minimum absolute atomic E-state index is 0.0425. The van der Waals surface area contributed by atoms with Gasteiger partial charge in [0, 0.05) is 19.3 Å². The van der Waals surface area contributed by atoms with Gasteiger partial charge in [0.15, 0.2) is 6.10 Å². The van der Waals surface area contributed by atoms with Crippen molar-refractivity contribution in [2.75, 3.05) is 41.0 Å². The molecule has 0 aromatic heterocycles. The molecule has 0 aromatic carbocycles. The van der Waals surface area contributed by atoms with Crippen molar-refractivity contribution in [3.05, 3.63) is 36.5 Å². The summed E-state index contributed by atoms with van der Waals surface area (Å²) in [6.07, 6.45) is 54.5. The summed E-state index contributed by atoms with van der Waals surface area (Å²) in [5, 5.41) is 11.7. The number of aliphatic carboxylic acids is 1. The molecule has 0 aromatic rings. The Balaban J connectivity index is 4.21. The van der Waals surface area contributed by atoms with Gasteiger partial charge < -0.3 is 28.6 Å². The quantitative estimate of drug-likeness (QED) is 0.0259. The maximum atomic E-state index is 12.8. The van der Waals surface area contributed by atoms with Crippen LogP contribution in [0.25, 0.3) is 0 Å².